The van der Waals surface area contributed by atoms with Gasteiger partial charge in [-0.25, -0.2) is 4.79 Å². The standard InChI is InChI=1S/C40H51F3O7/c1-3-5-7-9-10-11-12-14-25-46-32-19-15-29(16-20-32)30-17-21-33-31(27-30)18-22-34(37(33)48-28-44)39(45)49-35-23-24-36(47-26-13-8-6-4-2)50-38(35)40(41,42)43/h15-22,27-28,35-36,38H,3-14,23-26H2,1-2H3/t35-,36-,38-/m1/s1. The minimum Gasteiger partial charge on any atom is -0.494 e. The van der Waals surface area contributed by atoms with Crippen LogP contribution >= 0.6 is 0 Å². The van der Waals surface area contributed by atoms with Gasteiger partial charge in [0, 0.05) is 18.4 Å². The Morgan fingerprint density at radius 3 is 2.12 bits per heavy atom. The maximum Gasteiger partial charge on any atom is 0.418 e. The minimum absolute atomic E-state index is 0.0904. The van der Waals surface area contributed by atoms with E-state index >= 15 is 0 Å². The lowest BCUT2D eigenvalue weighted by molar-refractivity contribution is -0.311. The third-order valence-electron chi connectivity index (χ3n) is 9.02. The normalized spacial score (nSPS) is 17.8. The predicted octanol–water partition coefficient (Wildman–Crippen LogP) is 10.8. The van der Waals surface area contributed by atoms with Gasteiger partial charge in [-0.1, -0.05) is 102 Å². The second-order valence-corrected chi connectivity index (χ2v) is 12.9. The molecular formula is C40H51F3O7. The Morgan fingerprint density at radius 2 is 1.44 bits per heavy atom. The summed E-state index contributed by atoms with van der Waals surface area (Å²) in [4.78, 5) is 24.8. The largest absolute Gasteiger partial charge is 0.494 e. The highest BCUT2D eigenvalue weighted by atomic mass is 19.4. The van der Waals surface area contributed by atoms with Gasteiger partial charge in [-0.15, -0.1) is 0 Å². The van der Waals surface area contributed by atoms with Gasteiger partial charge in [0.2, 0.25) is 0 Å². The van der Waals surface area contributed by atoms with Crippen molar-refractivity contribution in [3.05, 3.63) is 60.2 Å². The molecule has 4 rings (SSSR count). The van der Waals surface area contributed by atoms with E-state index < -0.39 is 30.6 Å². The van der Waals surface area contributed by atoms with Crippen molar-refractivity contribution in [1.82, 2.24) is 0 Å². The number of unbranched alkanes of at least 4 members (excludes halogenated alkanes) is 10. The quantitative estimate of drug-likeness (QED) is 0.0621. The van der Waals surface area contributed by atoms with E-state index in [1.54, 1.807) is 12.1 Å². The lowest BCUT2D eigenvalue weighted by atomic mass is 9.98. The first kappa shape index (κ1) is 39.2. The molecule has 274 valence electrons. The van der Waals surface area contributed by atoms with Gasteiger partial charge in [0.15, 0.2) is 18.1 Å². The summed E-state index contributed by atoms with van der Waals surface area (Å²) in [5.74, 6) is -0.339. The van der Waals surface area contributed by atoms with Crippen molar-refractivity contribution in [1.29, 1.82) is 0 Å². The summed E-state index contributed by atoms with van der Waals surface area (Å²) in [6.45, 7) is 5.44. The van der Waals surface area contributed by atoms with Crippen LogP contribution in [0.2, 0.25) is 0 Å². The Hall–Kier alpha value is -3.63. The molecule has 0 unspecified atom stereocenters. The summed E-state index contributed by atoms with van der Waals surface area (Å²) in [6.07, 6.45) is 3.90. The molecule has 1 aliphatic heterocycles. The van der Waals surface area contributed by atoms with E-state index in [0.29, 0.717) is 24.0 Å². The smallest absolute Gasteiger partial charge is 0.418 e. The average Bonchev–Trinajstić information content (AvgIpc) is 3.11. The van der Waals surface area contributed by atoms with Crippen molar-refractivity contribution >= 4 is 23.2 Å². The maximum atomic E-state index is 14.0. The van der Waals surface area contributed by atoms with E-state index in [4.69, 9.17) is 23.7 Å². The molecule has 1 aliphatic rings. The van der Waals surface area contributed by atoms with Gasteiger partial charge in [-0.05, 0) is 66.1 Å². The van der Waals surface area contributed by atoms with Crippen LogP contribution in [-0.4, -0.2) is 50.3 Å². The number of carbonyl (C=O) groups is 2. The number of hydrogen-bond acceptors (Lipinski definition) is 7. The van der Waals surface area contributed by atoms with Gasteiger partial charge in [-0.3, -0.25) is 4.79 Å². The maximum absolute atomic E-state index is 14.0. The van der Waals surface area contributed by atoms with Crippen LogP contribution in [-0.2, 0) is 19.0 Å². The summed E-state index contributed by atoms with van der Waals surface area (Å²) >= 11 is 0. The highest BCUT2D eigenvalue weighted by Gasteiger charge is 2.51. The highest BCUT2D eigenvalue weighted by molar-refractivity contribution is 6.03. The van der Waals surface area contributed by atoms with Crippen LogP contribution in [0.15, 0.2) is 54.6 Å². The number of esters is 1. The van der Waals surface area contributed by atoms with Crippen LogP contribution in [0.25, 0.3) is 21.9 Å². The Kier molecular flexibility index (Phi) is 15.9. The molecule has 1 saturated heterocycles. The molecule has 3 aromatic rings. The summed E-state index contributed by atoms with van der Waals surface area (Å²) in [6, 6.07) is 16.2. The molecule has 3 aromatic carbocycles. The fourth-order valence-corrected chi connectivity index (χ4v) is 6.23. The highest BCUT2D eigenvalue weighted by Crippen LogP contribution is 2.37. The summed E-state index contributed by atoms with van der Waals surface area (Å²) < 4.78 is 69.3. The van der Waals surface area contributed by atoms with Gasteiger partial charge in [0.25, 0.3) is 6.47 Å². The topological polar surface area (TPSA) is 80.3 Å². The molecule has 0 aromatic heterocycles. The number of benzene rings is 3. The lowest BCUT2D eigenvalue weighted by Crippen LogP contribution is -2.50. The molecule has 0 amide bonds. The fraction of sp³-hybridized carbons (Fsp3) is 0.550. The van der Waals surface area contributed by atoms with Crippen molar-refractivity contribution in [3.8, 4) is 22.6 Å². The SMILES string of the molecule is CCCCCCCCCCOc1ccc(-c2ccc3c(OC=O)c(C(=O)O[C@@H]4CC[C@H](OCCCCCC)O[C@H]4C(F)(F)F)ccc3c2)cc1. The predicted molar refractivity (Wildman–Crippen MR) is 187 cm³/mol. The molecule has 1 heterocycles. The molecule has 0 saturated carbocycles. The van der Waals surface area contributed by atoms with E-state index in [-0.39, 0.29) is 30.6 Å². The third kappa shape index (κ3) is 11.7. The number of rotatable bonds is 21. The van der Waals surface area contributed by atoms with Crippen molar-refractivity contribution in [2.24, 2.45) is 0 Å². The fourth-order valence-electron chi connectivity index (χ4n) is 6.23. The van der Waals surface area contributed by atoms with E-state index in [0.717, 1.165) is 55.4 Å². The minimum atomic E-state index is -4.78. The Balaban J connectivity index is 1.38. The zero-order valence-electron chi connectivity index (χ0n) is 29.3. The third-order valence-corrected chi connectivity index (χ3v) is 9.02. The van der Waals surface area contributed by atoms with Gasteiger partial charge in [0.1, 0.15) is 17.4 Å². The van der Waals surface area contributed by atoms with Gasteiger partial charge in [0.05, 0.1) is 6.61 Å². The van der Waals surface area contributed by atoms with Gasteiger partial charge in [-0.2, -0.15) is 13.2 Å². The van der Waals surface area contributed by atoms with Crippen molar-refractivity contribution < 1.29 is 46.4 Å². The van der Waals surface area contributed by atoms with Crippen molar-refractivity contribution in [2.75, 3.05) is 13.2 Å². The van der Waals surface area contributed by atoms with Crippen LogP contribution < -0.4 is 9.47 Å². The molecule has 7 nitrogen and oxygen atoms in total. The zero-order valence-corrected chi connectivity index (χ0v) is 29.3. The number of ether oxygens (including phenoxy) is 5. The molecule has 0 aliphatic carbocycles. The van der Waals surface area contributed by atoms with Crippen molar-refractivity contribution in [3.63, 3.8) is 0 Å². The Morgan fingerprint density at radius 1 is 0.800 bits per heavy atom. The lowest BCUT2D eigenvalue weighted by Gasteiger charge is -2.36. The molecule has 1 fully saturated rings. The first-order valence-corrected chi connectivity index (χ1v) is 18.2. The number of halogens is 3. The second-order valence-electron chi connectivity index (χ2n) is 12.9. The van der Waals surface area contributed by atoms with E-state index in [1.165, 1.54) is 44.6 Å². The van der Waals surface area contributed by atoms with Crippen molar-refractivity contribution in [2.45, 2.75) is 128 Å². The molecule has 10 heteroatoms. The number of fused-ring (bicyclic) bond motifs is 1. The van der Waals surface area contributed by atoms with E-state index in [1.807, 2.05) is 36.4 Å². The van der Waals surface area contributed by atoms with E-state index in [9.17, 15) is 22.8 Å². The molecule has 3 atom stereocenters. The number of carbonyl (C=O) groups excluding carboxylic acids is 2. The molecular weight excluding hydrogens is 649 g/mol. The second kappa shape index (κ2) is 20.3. The summed E-state index contributed by atoms with van der Waals surface area (Å²) in [5.41, 5.74) is 1.66. The number of hydrogen-bond donors (Lipinski definition) is 0. The molecule has 50 heavy (non-hydrogen) atoms. The zero-order chi connectivity index (χ0) is 35.8. The number of alkyl halides is 3. The molecule has 0 radical (unpaired) electrons. The van der Waals surface area contributed by atoms with Gasteiger partial charge < -0.3 is 23.7 Å². The van der Waals surface area contributed by atoms with Crippen LogP contribution in [0.1, 0.15) is 114 Å². The summed E-state index contributed by atoms with van der Waals surface area (Å²) in [5, 5.41) is 1.10. The van der Waals surface area contributed by atoms with E-state index in [2.05, 4.69) is 13.8 Å². The van der Waals surface area contributed by atoms with Crippen LogP contribution in [0.3, 0.4) is 0 Å². The van der Waals surface area contributed by atoms with Gasteiger partial charge >= 0.3 is 12.1 Å². The molecule has 0 N–H and O–H groups in total. The van der Waals surface area contributed by atoms with Crippen LogP contribution in [0, 0.1) is 0 Å². The van der Waals surface area contributed by atoms with Crippen LogP contribution in [0.4, 0.5) is 13.2 Å². The monoisotopic (exact) mass is 700 g/mol. The Labute approximate surface area is 293 Å². The molecule has 0 spiro atoms. The first-order valence-electron chi connectivity index (χ1n) is 18.2. The summed E-state index contributed by atoms with van der Waals surface area (Å²) in [7, 11) is 0. The first-order chi connectivity index (χ1) is 24.2. The molecule has 0 bridgehead atoms. The average molecular weight is 701 g/mol. The van der Waals surface area contributed by atoms with Crippen LogP contribution in [0.5, 0.6) is 11.5 Å². The Bertz CT molecular complexity index is 1470.